The Balaban J connectivity index is 1.24. The minimum Gasteiger partial charge on any atom is -0.338 e. The molecule has 1 saturated carbocycles. The predicted molar refractivity (Wildman–Crippen MR) is 134 cm³/mol. The summed E-state index contributed by atoms with van der Waals surface area (Å²) in [7, 11) is 1.84. The summed E-state index contributed by atoms with van der Waals surface area (Å²) in [4.78, 5) is 26.4. The lowest BCUT2D eigenvalue weighted by molar-refractivity contribution is 0.0958. The first kappa shape index (κ1) is 23.4. The predicted octanol–water partition coefficient (Wildman–Crippen LogP) is 5.09. The molecule has 190 valence electrons. The average molecular weight is 502 g/mol. The number of carbonyl (C=O) groups is 1. The fraction of sp³-hybridized carbons (Fsp3) is 0.407. The van der Waals surface area contributed by atoms with E-state index in [9.17, 15) is 9.18 Å². The van der Waals surface area contributed by atoms with Crippen LogP contribution in [0.3, 0.4) is 0 Å². The molecule has 2 atom stereocenters. The first-order valence-corrected chi connectivity index (χ1v) is 12.6. The molecule has 1 fully saturated rings. The van der Waals surface area contributed by atoms with Crippen molar-refractivity contribution in [2.24, 2.45) is 7.05 Å². The van der Waals surface area contributed by atoms with E-state index in [1.54, 1.807) is 17.1 Å². The summed E-state index contributed by atoms with van der Waals surface area (Å²) in [6.45, 7) is 2.06. The van der Waals surface area contributed by atoms with Gasteiger partial charge in [-0.2, -0.15) is 10.1 Å². The largest absolute Gasteiger partial charge is 0.338 e. The van der Waals surface area contributed by atoms with Gasteiger partial charge in [0, 0.05) is 43.3 Å². The van der Waals surface area contributed by atoms with E-state index in [4.69, 9.17) is 4.52 Å². The Morgan fingerprint density at radius 1 is 1.24 bits per heavy atom. The Labute approximate surface area is 213 Å². The summed E-state index contributed by atoms with van der Waals surface area (Å²) < 4.78 is 21.8. The highest BCUT2D eigenvalue weighted by Crippen LogP contribution is 2.46. The number of hydrogen-bond donors (Lipinski definition) is 1. The van der Waals surface area contributed by atoms with E-state index < -0.39 is 6.17 Å². The molecule has 3 heterocycles. The van der Waals surface area contributed by atoms with Crippen molar-refractivity contribution in [2.45, 2.75) is 63.0 Å². The number of fused-ring (bicyclic) bond motifs is 1. The highest BCUT2D eigenvalue weighted by Gasteiger charge is 2.45. The molecule has 2 aliphatic rings. The van der Waals surface area contributed by atoms with Gasteiger partial charge in [0.1, 0.15) is 6.17 Å². The second-order valence-corrected chi connectivity index (χ2v) is 10.4. The number of ketones is 1. The maximum Gasteiger partial charge on any atom is 0.238 e. The number of halogens is 1. The number of carbonyl (C=O) groups excluding carboxylic acids is 1. The normalized spacial score (nSPS) is 20.2. The molecule has 3 aromatic heterocycles. The minimum atomic E-state index is -0.964. The van der Waals surface area contributed by atoms with Crippen molar-refractivity contribution < 1.29 is 13.7 Å². The Hall–Kier alpha value is -3.95. The maximum atomic E-state index is 14.8. The first-order valence-electron chi connectivity index (χ1n) is 12.6. The van der Waals surface area contributed by atoms with Crippen molar-refractivity contribution in [3.63, 3.8) is 0 Å². The van der Waals surface area contributed by atoms with Gasteiger partial charge in [-0.3, -0.25) is 9.48 Å². The molecule has 4 aromatic rings. The van der Waals surface area contributed by atoms with Gasteiger partial charge < -0.3 is 9.84 Å². The van der Waals surface area contributed by atoms with Crippen LogP contribution >= 0.6 is 0 Å². The van der Waals surface area contributed by atoms with Crippen LogP contribution < -0.4 is 5.32 Å². The van der Waals surface area contributed by atoms with Crippen molar-refractivity contribution in [2.75, 3.05) is 5.32 Å². The first-order chi connectivity index (χ1) is 17.9. The zero-order valence-corrected chi connectivity index (χ0v) is 20.8. The van der Waals surface area contributed by atoms with Gasteiger partial charge in [-0.05, 0) is 54.9 Å². The van der Waals surface area contributed by atoms with Crippen LogP contribution in [0.5, 0.6) is 0 Å². The molecule has 0 amide bonds. The highest BCUT2D eigenvalue weighted by molar-refractivity contribution is 5.93. The minimum absolute atomic E-state index is 0.0906. The summed E-state index contributed by atoms with van der Waals surface area (Å²) >= 11 is 0. The van der Waals surface area contributed by atoms with Gasteiger partial charge in [0.25, 0.3) is 0 Å². The van der Waals surface area contributed by atoms with Crippen molar-refractivity contribution in [3.8, 4) is 11.3 Å². The van der Waals surface area contributed by atoms with E-state index in [0.717, 1.165) is 40.9 Å². The molecule has 0 saturated heterocycles. The number of hydrogen-bond acceptors (Lipinski definition) is 8. The molecule has 0 unspecified atom stereocenters. The van der Waals surface area contributed by atoms with Gasteiger partial charge in [0.15, 0.2) is 0 Å². The fourth-order valence-electron chi connectivity index (χ4n) is 4.92. The van der Waals surface area contributed by atoms with E-state index >= 15 is 0 Å². The molecule has 37 heavy (non-hydrogen) atoms. The lowest BCUT2D eigenvalue weighted by Crippen LogP contribution is -2.10. The highest BCUT2D eigenvalue weighted by atomic mass is 19.1. The van der Waals surface area contributed by atoms with Crippen LogP contribution in [0.1, 0.15) is 72.6 Å². The van der Waals surface area contributed by atoms with Crippen molar-refractivity contribution in [1.82, 2.24) is 29.9 Å². The van der Waals surface area contributed by atoms with Crippen LogP contribution in [0.4, 0.5) is 16.0 Å². The molecule has 9 nitrogen and oxygen atoms in total. The fourth-order valence-corrected chi connectivity index (χ4v) is 4.92. The van der Waals surface area contributed by atoms with Crippen molar-refractivity contribution in [1.29, 1.82) is 0 Å². The van der Waals surface area contributed by atoms with Crippen molar-refractivity contribution in [3.05, 3.63) is 65.7 Å². The monoisotopic (exact) mass is 501 g/mol. The molecule has 1 aromatic carbocycles. The number of nitrogens with zero attached hydrogens (tertiary/aromatic N) is 6. The average Bonchev–Trinajstić information content (AvgIpc) is 3.28. The number of alkyl halides is 1. The Morgan fingerprint density at radius 3 is 2.89 bits per heavy atom. The summed E-state index contributed by atoms with van der Waals surface area (Å²) in [6.07, 6.45) is 7.77. The van der Waals surface area contributed by atoms with E-state index in [2.05, 4.69) is 37.4 Å². The van der Waals surface area contributed by atoms with Crippen molar-refractivity contribution >= 4 is 17.4 Å². The van der Waals surface area contributed by atoms with Gasteiger partial charge in [-0.25, -0.2) is 14.4 Å². The quantitative estimate of drug-likeness (QED) is 0.275. The molecular formula is C27H28FN7O2. The molecule has 0 radical (unpaired) electrons. The van der Waals surface area contributed by atoms with E-state index in [-0.39, 0.29) is 29.4 Å². The maximum absolute atomic E-state index is 14.8. The van der Waals surface area contributed by atoms with Gasteiger partial charge >= 0.3 is 0 Å². The molecule has 10 heteroatoms. The van der Waals surface area contributed by atoms with Crippen LogP contribution in [-0.2, 0) is 18.9 Å². The third kappa shape index (κ3) is 4.87. The summed E-state index contributed by atoms with van der Waals surface area (Å²) in [6, 6.07) is 7.80. The summed E-state index contributed by atoms with van der Waals surface area (Å²) in [5.41, 5.74) is 4.19. The zero-order chi connectivity index (χ0) is 25.6. The number of rotatable bonds is 7. The van der Waals surface area contributed by atoms with Crippen LogP contribution in [0, 0.1) is 0 Å². The van der Waals surface area contributed by atoms with Gasteiger partial charge in [0.2, 0.25) is 23.4 Å². The van der Waals surface area contributed by atoms with Gasteiger partial charge in [0.05, 0.1) is 17.6 Å². The van der Waals surface area contributed by atoms with Gasteiger partial charge in [-0.15, -0.1) is 0 Å². The number of benzene rings is 1. The Kier molecular flexibility index (Phi) is 5.81. The van der Waals surface area contributed by atoms with Gasteiger partial charge in [-0.1, -0.05) is 24.2 Å². The number of nitrogens with one attached hydrogen (secondary N) is 1. The van der Waals surface area contributed by atoms with Crippen LogP contribution in [-0.4, -0.2) is 41.8 Å². The number of aromatic nitrogens is 6. The third-order valence-corrected chi connectivity index (χ3v) is 7.39. The second kappa shape index (κ2) is 9.17. The summed E-state index contributed by atoms with van der Waals surface area (Å²) in [5, 5.41) is 11.2. The topological polar surface area (TPSA) is 112 Å². The molecule has 0 bridgehead atoms. The molecule has 0 spiro atoms. The second-order valence-electron chi connectivity index (χ2n) is 10.4. The third-order valence-electron chi connectivity index (χ3n) is 7.39. The Morgan fingerprint density at radius 2 is 2.11 bits per heavy atom. The number of Topliss-reactive ketones (excluding diaryl/α,β-unsaturated/α-hetero) is 1. The van der Waals surface area contributed by atoms with E-state index in [1.807, 2.05) is 37.5 Å². The SMILES string of the molecule is Cn1cc(Nc2nccc(-c3ccc4c(c3)C[C@H](F)CC[C@H]4CC(=O)c3noc(C4(C)CC4)n3)n2)cn1. The van der Waals surface area contributed by atoms with Crippen LogP contribution in [0.25, 0.3) is 11.3 Å². The molecule has 0 aliphatic heterocycles. The van der Waals surface area contributed by atoms with Crippen LogP contribution in [0.15, 0.2) is 47.4 Å². The lowest BCUT2D eigenvalue weighted by Gasteiger charge is -2.17. The van der Waals surface area contributed by atoms with E-state index in [0.29, 0.717) is 31.1 Å². The van der Waals surface area contributed by atoms with E-state index in [1.165, 1.54) is 0 Å². The molecule has 6 rings (SSSR count). The van der Waals surface area contributed by atoms with Crippen LogP contribution in [0.2, 0.25) is 0 Å². The smallest absolute Gasteiger partial charge is 0.238 e. The number of aryl methyl sites for hydroxylation is 1. The zero-order valence-electron chi connectivity index (χ0n) is 20.8. The Bertz CT molecular complexity index is 1460. The molecule has 2 aliphatic carbocycles. The lowest BCUT2D eigenvalue weighted by atomic mass is 9.87. The number of anilines is 2. The molecular weight excluding hydrogens is 473 g/mol. The summed E-state index contributed by atoms with van der Waals surface area (Å²) in [5.74, 6) is 0.832. The standard InChI is InChI=1S/C27H28FN7O2/c1-27(8-9-27)25-33-24(34-37-25)23(36)13-16-3-5-19(28)12-18-11-17(4-6-21(16)18)22-7-10-29-26(32-22)31-20-14-30-35(2)15-20/h4,6-7,10-11,14-16,19H,3,5,8-9,12-13H2,1-2H3,(H,29,31,32)/t16-,19+/m0/s1. The molecule has 1 N–H and O–H groups in total.